The first kappa shape index (κ1) is 15.5. The van der Waals surface area contributed by atoms with Crippen LogP contribution < -0.4 is 0 Å². The lowest BCUT2D eigenvalue weighted by Gasteiger charge is -2.25. The number of nitrogens with zero attached hydrogens (tertiary/aromatic N) is 2. The number of hydrogen-bond acceptors (Lipinski definition) is 3. The molecule has 0 aromatic carbocycles. The first-order valence-corrected chi connectivity index (χ1v) is 7.63. The van der Waals surface area contributed by atoms with Crippen LogP contribution in [0.5, 0.6) is 0 Å². The van der Waals surface area contributed by atoms with Gasteiger partial charge in [0, 0.05) is 24.8 Å². The van der Waals surface area contributed by atoms with Crippen molar-refractivity contribution < 1.29 is 8.42 Å². The van der Waals surface area contributed by atoms with Gasteiger partial charge in [-0.2, -0.15) is 9.40 Å². The molecule has 0 radical (unpaired) electrons. The van der Waals surface area contributed by atoms with Gasteiger partial charge in [-0.25, -0.2) is 8.42 Å². The van der Waals surface area contributed by atoms with Gasteiger partial charge in [-0.1, -0.05) is 20.8 Å². The largest absolute Gasteiger partial charge is 0.281 e. The van der Waals surface area contributed by atoms with Crippen molar-refractivity contribution in [2.45, 2.75) is 38.6 Å². The van der Waals surface area contributed by atoms with Gasteiger partial charge in [-0.3, -0.25) is 5.10 Å². The lowest BCUT2D eigenvalue weighted by Crippen LogP contribution is -2.35. The number of hydrogen-bond donors (Lipinski definition) is 1. The van der Waals surface area contributed by atoms with E-state index in [2.05, 4.69) is 10.2 Å². The van der Waals surface area contributed by atoms with Gasteiger partial charge in [-0.05, 0) is 12.3 Å². The van der Waals surface area contributed by atoms with Gasteiger partial charge < -0.3 is 0 Å². The van der Waals surface area contributed by atoms with Crippen molar-refractivity contribution >= 4 is 21.6 Å². The average molecular weight is 294 g/mol. The predicted octanol–water partition coefficient (Wildman–Crippen LogP) is 2.12. The summed E-state index contributed by atoms with van der Waals surface area (Å²) in [6.45, 7) is 8.13. The molecule has 0 unspecified atom stereocenters. The maximum atomic E-state index is 12.4. The first-order valence-electron chi connectivity index (χ1n) is 5.66. The Bertz CT molecular complexity index is 517. The van der Waals surface area contributed by atoms with Crippen LogP contribution in [-0.4, -0.2) is 36.5 Å². The van der Waals surface area contributed by atoms with Gasteiger partial charge in [0.15, 0.2) is 5.03 Å². The monoisotopic (exact) mass is 293 g/mol. The third kappa shape index (κ3) is 3.24. The highest BCUT2D eigenvalue weighted by Gasteiger charge is 2.30. The Morgan fingerprint density at radius 1 is 1.39 bits per heavy atom. The Morgan fingerprint density at radius 3 is 2.39 bits per heavy atom. The highest BCUT2D eigenvalue weighted by Crippen LogP contribution is 2.24. The number of H-pyrrole nitrogens is 1. The van der Waals surface area contributed by atoms with E-state index in [0.29, 0.717) is 17.8 Å². The molecular weight excluding hydrogens is 274 g/mol. The van der Waals surface area contributed by atoms with Crippen molar-refractivity contribution in [2.75, 3.05) is 13.6 Å². The summed E-state index contributed by atoms with van der Waals surface area (Å²) in [5.74, 6) is 0.125. The zero-order valence-electron chi connectivity index (χ0n) is 11.4. The van der Waals surface area contributed by atoms with Crippen molar-refractivity contribution in [3.05, 3.63) is 11.3 Å². The number of rotatable bonds is 4. The van der Waals surface area contributed by atoms with Gasteiger partial charge >= 0.3 is 0 Å². The molecule has 0 aliphatic heterocycles. The van der Waals surface area contributed by atoms with Gasteiger partial charge in [-0.15, -0.1) is 11.6 Å². The van der Waals surface area contributed by atoms with E-state index < -0.39 is 10.0 Å². The van der Waals surface area contributed by atoms with E-state index in [1.165, 1.54) is 4.31 Å². The molecule has 5 nitrogen and oxygen atoms in total. The van der Waals surface area contributed by atoms with E-state index in [4.69, 9.17) is 11.6 Å². The maximum Gasteiger partial charge on any atom is 0.262 e. The highest BCUT2D eigenvalue weighted by molar-refractivity contribution is 7.89. The van der Waals surface area contributed by atoms with E-state index in [0.717, 1.165) is 0 Å². The van der Waals surface area contributed by atoms with E-state index in [9.17, 15) is 8.42 Å². The lowest BCUT2D eigenvalue weighted by atomic mass is 9.97. The Morgan fingerprint density at radius 2 is 1.94 bits per heavy atom. The molecule has 0 saturated carbocycles. The van der Waals surface area contributed by atoms with Crippen LogP contribution in [0.15, 0.2) is 5.03 Å². The molecule has 0 fully saturated rings. The number of halogens is 1. The van der Waals surface area contributed by atoms with Crippen LogP contribution in [0, 0.1) is 12.3 Å². The maximum absolute atomic E-state index is 12.4. The molecule has 0 saturated heterocycles. The third-order valence-electron chi connectivity index (χ3n) is 2.52. The summed E-state index contributed by atoms with van der Waals surface area (Å²) in [6.07, 6.45) is 0. The summed E-state index contributed by atoms with van der Waals surface area (Å²) >= 11 is 5.78. The topological polar surface area (TPSA) is 66.1 Å². The van der Waals surface area contributed by atoms with Gasteiger partial charge in [0.2, 0.25) is 0 Å². The van der Waals surface area contributed by atoms with Gasteiger partial charge in [0.05, 0.1) is 5.88 Å². The van der Waals surface area contributed by atoms with Crippen LogP contribution in [0.3, 0.4) is 0 Å². The highest BCUT2D eigenvalue weighted by atomic mass is 35.5. The van der Waals surface area contributed by atoms with E-state index in [1.54, 1.807) is 14.0 Å². The summed E-state index contributed by atoms with van der Waals surface area (Å²) in [4.78, 5) is 0. The summed E-state index contributed by atoms with van der Waals surface area (Å²) < 4.78 is 26.1. The van der Waals surface area contributed by atoms with Crippen molar-refractivity contribution in [2.24, 2.45) is 5.41 Å². The first-order chi connectivity index (χ1) is 8.09. The minimum Gasteiger partial charge on any atom is -0.281 e. The second-order valence-electron chi connectivity index (χ2n) is 5.59. The van der Waals surface area contributed by atoms with Crippen molar-refractivity contribution in [1.29, 1.82) is 0 Å². The SMILES string of the molecule is Cc1[nH]nc(S(=O)(=O)N(C)CC(C)(C)C)c1CCl. The van der Waals surface area contributed by atoms with E-state index in [1.807, 2.05) is 20.8 Å². The third-order valence-corrected chi connectivity index (χ3v) is 4.56. The molecule has 104 valence electrons. The fourth-order valence-corrected chi connectivity index (χ4v) is 3.66. The van der Waals surface area contributed by atoms with Crippen LogP contribution in [-0.2, 0) is 15.9 Å². The minimum absolute atomic E-state index is 0.0294. The quantitative estimate of drug-likeness (QED) is 0.865. The number of aryl methyl sites for hydroxylation is 1. The van der Waals surface area contributed by atoms with Crippen molar-refractivity contribution in [3.63, 3.8) is 0 Å². The molecule has 1 aromatic rings. The fraction of sp³-hybridized carbons (Fsp3) is 0.727. The van der Waals surface area contributed by atoms with Gasteiger partial charge in [0.25, 0.3) is 10.0 Å². The molecule has 1 N–H and O–H groups in total. The zero-order chi connectivity index (χ0) is 14.1. The molecule has 18 heavy (non-hydrogen) atoms. The fourth-order valence-electron chi connectivity index (χ4n) is 1.70. The summed E-state index contributed by atoms with van der Waals surface area (Å²) in [7, 11) is -2.03. The standard InChI is InChI=1S/C11H20ClN3O2S/c1-8-9(6-12)10(14-13-8)18(16,17)15(5)7-11(2,3)4/h6-7H2,1-5H3,(H,13,14). The minimum atomic E-state index is -3.59. The average Bonchev–Trinajstić information content (AvgIpc) is 2.57. The predicted molar refractivity (Wildman–Crippen MR) is 72.2 cm³/mol. The molecule has 0 amide bonds. The molecular formula is C11H20ClN3O2S. The second-order valence-corrected chi connectivity index (χ2v) is 7.82. The summed E-state index contributed by atoms with van der Waals surface area (Å²) in [5.41, 5.74) is 1.11. The number of sulfonamides is 1. The molecule has 0 atom stereocenters. The molecule has 7 heteroatoms. The Hall–Kier alpha value is -0.590. The Balaban J connectivity index is 3.14. The number of nitrogens with one attached hydrogen (secondary N) is 1. The van der Waals surface area contributed by atoms with Crippen LogP contribution in [0.1, 0.15) is 32.0 Å². The van der Waals surface area contributed by atoms with Crippen LogP contribution in [0.4, 0.5) is 0 Å². The molecule has 0 aliphatic rings. The van der Waals surface area contributed by atoms with Crippen LogP contribution >= 0.6 is 11.6 Å². The number of aromatic amines is 1. The van der Waals surface area contributed by atoms with Gasteiger partial charge in [0.1, 0.15) is 0 Å². The summed E-state index contributed by atoms with van der Waals surface area (Å²) in [6, 6.07) is 0. The molecule has 1 rings (SSSR count). The molecule has 1 heterocycles. The lowest BCUT2D eigenvalue weighted by molar-refractivity contribution is 0.310. The Labute approximate surface area is 114 Å². The molecule has 1 aromatic heterocycles. The van der Waals surface area contributed by atoms with Crippen LogP contribution in [0.25, 0.3) is 0 Å². The Kier molecular flexibility index (Phi) is 4.46. The second kappa shape index (κ2) is 5.19. The molecule has 0 bridgehead atoms. The zero-order valence-corrected chi connectivity index (χ0v) is 13.0. The van der Waals surface area contributed by atoms with Crippen molar-refractivity contribution in [1.82, 2.24) is 14.5 Å². The van der Waals surface area contributed by atoms with Crippen LogP contribution in [0.2, 0.25) is 0 Å². The summed E-state index contributed by atoms with van der Waals surface area (Å²) in [5, 5.41) is 6.57. The molecule has 0 aliphatic carbocycles. The van der Waals surface area contributed by atoms with E-state index >= 15 is 0 Å². The smallest absolute Gasteiger partial charge is 0.262 e. The number of aromatic nitrogens is 2. The molecule has 0 spiro atoms. The number of alkyl halides is 1. The normalized spacial score (nSPS) is 13.3. The van der Waals surface area contributed by atoms with E-state index in [-0.39, 0.29) is 16.3 Å². The van der Waals surface area contributed by atoms with Crippen molar-refractivity contribution in [3.8, 4) is 0 Å².